The van der Waals surface area contributed by atoms with Crippen LogP contribution in [0, 0.1) is 11.3 Å². The Morgan fingerprint density at radius 1 is 1.10 bits per heavy atom. The summed E-state index contributed by atoms with van der Waals surface area (Å²) in [4.78, 5) is 8.72. The summed E-state index contributed by atoms with van der Waals surface area (Å²) in [5.41, 5.74) is 2.60. The smallest absolute Gasteiger partial charge is 0.223 e. The van der Waals surface area contributed by atoms with Gasteiger partial charge in [-0.2, -0.15) is 5.26 Å². The maximum atomic E-state index is 8.87. The molecular formula is C16H12N4. The fraction of sp³-hybridized carbons (Fsp3) is 0.0625. The minimum atomic E-state index is 0.589. The summed E-state index contributed by atoms with van der Waals surface area (Å²) in [5, 5.41) is 13.1. The number of fused-ring (bicyclic) bond motifs is 1. The van der Waals surface area contributed by atoms with E-state index < -0.39 is 0 Å². The second kappa shape index (κ2) is 5.37. The number of hydrogen-bond donors (Lipinski definition) is 1. The molecule has 1 heterocycles. The van der Waals surface area contributed by atoms with Crippen molar-refractivity contribution in [2.75, 3.05) is 5.32 Å². The molecule has 0 aliphatic heterocycles. The molecule has 0 saturated carbocycles. The van der Waals surface area contributed by atoms with Crippen LogP contribution in [0.15, 0.2) is 54.7 Å². The van der Waals surface area contributed by atoms with E-state index in [0.717, 1.165) is 16.5 Å². The third-order valence-corrected chi connectivity index (χ3v) is 3.00. The second-order valence-electron chi connectivity index (χ2n) is 4.42. The van der Waals surface area contributed by atoms with Gasteiger partial charge in [-0.05, 0) is 23.8 Å². The van der Waals surface area contributed by atoms with Crippen molar-refractivity contribution in [2.45, 2.75) is 6.54 Å². The van der Waals surface area contributed by atoms with Crippen LogP contribution < -0.4 is 5.32 Å². The van der Waals surface area contributed by atoms with Crippen molar-refractivity contribution in [1.29, 1.82) is 5.26 Å². The van der Waals surface area contributed by atoms with E-state index in [0.29, 0.717) is 18.1 Å². The molecule has 4 heteroatoms. The number of nitriles is 1. The molecule has 4 nitrogen and oxygen atoms in total. The predicted octanol–water partition coefficient (Wildman–Crippen LogP) is 3.11. The van der Waals surface area contributed by atoms with Crippen LogP contribution in [0.3, 0.4) is 0 Å². The lowest BCUT2D eigenvalue weighted by Crippen LogP contribution is -2.03. The van der Waals surface area contributed by atoms with Crippen molar-refractivity contribution in [2.24, 2.45) is 0 Å². The van der Waals surface area contributed by atoms with Crippen LogP contribution in [0.1, 0.15) is 11.1 Å². The molecule has 3 rings (SSSR count). The van der Waals surface area contributed by atoms with E-state index in [4.69, 9.17) is 5.26 Å². The molecule has 0 spiro atoms. The molecule has 0 amide bonds. The molecule has 0 unspecified atom stereocenters. The Hall–Kier alpha value is -2.93. The first-order valence-corrected chi connectivity index (χ1v) is 6.30. The van der Waals surface area contributed by atoms with Gasteiger partial charge in [0.1, 0.15) is 0 Å². The van der Waals surface area contributed by atoms with Gasteiger partial charge in [0.25, 0.3) is 0 Å². The topological polar surface area (TPSA) is 61.6 Å². The molecule has 0 saturated heterocycles. The first-order valence-electron chi connectivity index (χ1n) is 6.30. The van der Waals surface area contributed by atoms with E-state index in [9.17, 15) is 0 Å². The van der Waals surface area contributed by atoms with Crippen molar-refractivity contribution in [3.05, 3.63) is 65.9 Å². The lowest BCUT2D eigenvalue weighted by molar-refractivity contribution is 1.07. The van der Waals surface area contributed by atoms with Crippen LogP contribution in [0.5, 0.6) is 0 Å². The summed E-state index contributed by atoms with van der Waals surface area (Å²) in [7, 11) is 0. The van der Waals surface area contributed by atoms with E-state index in [1.54, 1.807) is 12.3 Å². The fourth-order valence-corrected chi connectivity index (χ4v) is 1.99. The van der Waals surface area contributed by atoms with Gasteiger partial charge in [0.05, 0.1) is 17.1 Å². The average molecular weight is 260 g/mol. The minimum Gasteiger partial charge on any atom is -0.350 e. The summed E-state index contributed by atoms with van der Waals surface area (Å²) in [5.74, 6) is 0.589. The van der Waals surface area contributed by atoms with Gasteiger partial charge in [0, 0.05) is 18.1 Å². The van der Waals surface area contributed by atoms with Crippen LogP contribution in [0.4, 0.5) is 5.95 Å². The molecular weight excluding hydrogens is 248 g/mol. The average Bonchev–Trinajstić information content (AvgIpc) is 2.53. The zero-order valence-corrected chi connectivity index (χ0v) is 10.7. The van der Waals surface area contributed by atoms with Gasteiger partial charge in [-0.15, -0.1) is 0 Å². The number of benzene rings is 2. The highest BCUT2D eigenvalue weighted by Crippen LogP contribution is 2.12. The van der Waals surface area contributed by atoms with Crippen LogP contribution in [0.2, 0.25) is 0 Å². The summed E-state index contributed by atoms with van der Waals surface area (Å²) in [6.45, 7) is 0.591. The molecule has 2 aromatic carbocycles. The van der Waals surface area contributed by atoms with Crippen LogP contribution >= 0.6 is 0 Å². The Balaban J connectivity index is 1.78. The highest BCUT2D eigenvalue weighted by atomic mass is 15.1. The minimum absolute atomic E-state index is 0.589. The normalized spacial score (nSPS) is 10.2. The van der Waals surface area contributed by atoms with Gasteiger partial charge in [0.2, 0.25) is 5.95 Å². The number of nitrogens with zero attached hydrogens (tertiary/aromatic N) is 3. The Labute approximate surface area is 116 Å². The number of nitrogens with one attached hydrogen (secondary N) is 1. The largest absolute Gasteiger partial charge is 0.350 e. The van der Waals surface area contributed by atoms with Gasteiger partial charge in [0.15, 0.2) is 0 Å². The van der Waals surface area contributed by atoms with Crippen molar-refractivity contribution in [3.8, 4) is 6.07 Å². The van der Waals surface area contributed by atoms with Gasteiger partial charge in [-0.1, -0.05) is 30.3 Å². The summed E-state index contributed by atoms with van der Waals surface area (Å²) < 4.78 is 0. The van der Waals surface area contributed by atoms with Crippen molar-refractivity contribution < 1.29 is 0 Å². The molecule has 96 valence electrons. The molecule has 1 N–H and O–H groups in total. The van der Waals surface area contributed by atoms with Gasteiger partial charge in [-0.25, -0.2) is 9.97 Å². The van der Waals surface area contributed by atoms with E-state index in [1.807, 2.05) is 42.5 Å². The quantitative estimate of drug-likeness (QED) is 0.786. The Morgan fingerprint density at radius 2 is 2.00 bits per heavy atom. The van der Waals surface area contributed by atoms with Gasteiger partial charge in [-0.3, -0.25) is 0 Å². The highest BCUT2D eigenvalue weighted by molar-refractivity contribution is 5.78. The molecule has 20 heavy (non-hydrogen) atoms. The maximum Gasteiger partial charge on any atom is 0.223 e. The van der Waals surface area contributed by atoms with Crippen molar-refractivity contribution >= 4 is 16.9 Å². The first kappa shape index (κ1) is 12.1. The monoisotopic (exact) mass is 260 g/mol. The number of hydrogen-bond acceptors (Lipinski definition) is 4. The Kier molecular flexibility index (Phi) is 3.25. The molecule has 0 fully saturated rings. The Bertz CT molecular complexity index is 790. The molecule has 0 bridgehead atoms. The van der Waals surface area contributed by atoms with Crippen molar-refractivity contribution in [3.63, 3.8) is 0 Å². The summed E-state index contributed by atoms with van der Waals surface area (Å²) in [6.07, 6.45) is 1.80. The standard InChI is InChI=1S/C16H12N4/c17-9-12-4-3-5-13(8-12)10-18-16-19-11-14-6-1-2-7-15(14)20-16/h1-8,11H,10H2,(H,18,19,20). The SMILES string of the molecule is N#Cc1cccc(CNc2ncc3ccccc3n2)c1. The fourth-order valence-electron chi connectivity index (χ4n) is 1.99. The third-order valence-electron chi connectivity index (χ3n) is 3.00. The molecule has 0 aliphatic carbocycles. The molecule has 0 radical (unpaired) electrons. The van der Waals surface area contributed by atoms with E-state index in [2.05, 4.69) is 21.4 Å². The molecule has 0 aliphatic rings. The maximum absolute atomic E-state index is 8.87. The van der Waals surface area contributed by atoms with E-state index in [1.165, 1.54) is 0 Å². The third kappa shape index (κ3) is 2.57. The molecule has 1 aromatic heterocycles. The lowest BCUT2D eigenvalue weighted by atomic mass is 10.1. The number of aromatic nitrogens is 2. The molecule has 3 aromatic rings. The summed E-state index contributed by atoms with van der Waals surface area (Å²) in [6, 6.07) is 17.5. The molecule has 0 atom stereocenters. The first-order chi connectivity index (χ1) is 9.85. The van der Waals surface area contributed by atoms with E-state index >= 15 is 0 Å². The Morgan fingerprint density at radius 3 is 2.90 bits per heavy atom. The summed E-state index contributed by atoms with van der Waals surface area (Å²) >= 11 is 0. The lowest BCUT2D eigenvalue weighted by Gasteiger charge is -2.06. The van der Waals surface area contributed by atoms with Gasteiger partial charge < -0.3 is 5.32 Å². The van der Waals surface area contributed by atoms with Crippen LogP contribution in [-0.4, -0.2) is 9.97 Å². The van der Waals surface area contributed by atoms with Crippen LogP contribution in [-0.2, 0) is 6.54 Å². The number of anilines is 1. The predicted molar refractivity (Wildman–Crippen MR) is 78.0 cm³/mol. The zero-order valence-electron chi connectivity index (χ0n) is 10.7. The van der Waals surface area contributed by atoms with Crippen molar-refractivity contribution in [1.82, 2.24) is 9.97 Å². The second-order valence-corrected chi connectivity index (χ2v) is 4.42. The number of para-hydroxylation sites is 1. The van der Waals surface area contributed by atoms with E-state index in [-0.39, 0.29) is 0 Å². The highest BCUT2D eigenvalue weighted by Gasteiger charge is 2.00. The van der Waals surface area contributed by atoms with Crippen LogP contribution in [0.25, 0.3) is 10.9 Å². The number of rotatable bonds is 3. The van der Waals surface area contributed by atoms with Gasteiger partial charge >= 0.3 is 0 Å². The zero-order chi connectivity index (χ0) is 13.8.